The van der Waals surface area contributed by atoms with Crippen molar-refractivity contribution in [1.29, 1.82) is 0 Å². The van der Waals surface area contributed by atoms with Crippen LogP contribution in [0.5, 0.6) is 23.1 Å². The molecule has 2 aromatic rings. The van der Waals surface area contributed by atoms with Crippen LogP contribution in [-0.4, -0.2) is 38.8 Å². The van der Waals surface area contributed by atoms with E-state index >= 15 is 0 Å². The van der Waals surface area contributed by atoms with Crippen molar-refractivity contribution in [1.82, 2.24) is 15.6 Å². The van der Waals surface area contributed by atoms with Gasteiger partial charge in [0.15, 0.2) is 17.5 Å². The van der Waals surface area contributed by atoms with Crippen molar-refractivity contribution >= 4 is 5.96 Å². The van der Waals surface area contributed by atoms with Gasteiger partial charge >= 0.3 is 0 Å². The fourth-order valence-electron chi connectivity index (χ4n) is 2.59. The van der Waals surface area contributed by atoms with Crippen LogP contribution in [0.25, 0.3) is 0 Å². The van der Waals surface area contributed by atoms with Crippen molar-refractivity contribution in [2.75, 3.05) is 27.8 Å². The molecule has 1 aromatic carbocycles. The molecule has 0 fully saturated rings. The Labute approximate surface area is 167 Å². The molecular formula is C21H30N4O3. The second kappa shape index (κ2) is 11.7. The molecule has 7 heteroatoms. The normalized spacial score (nSPS) is 11.1. The zero-order chi connectivity index (χ0) is 20.2. The second-order valence-corrected chi connectivity index (χ2v) is 6.16. The third-order valence-corrected chi connectivity index (χ3v) is 4.14. The van der Waals surface area contributed by atoms with E-state index in [0.717, 1.165) is 24.5 Å². The van der Waals surface area contributed by atoms with Crippen LogP contribution >= 0.6 is 0 Å². The molecule has 0 atom stereocenters. The van der Waals surface area contributed by atoms with Gasteiger partial charge in [-0.15, -0.1) is 0 Å². The monoisotopic (exact) mass is 386 g/mol. The highest BCUT2D eigenvalue weighted by Gasteiger charge is 2.13. The topological polar surface area (TPSA) is 77.0 Å². The summed E-state index contributed by atoms with van der Waals surface area (Å²) in [5.74, 6) is 2.93. The lowest BCUT2D eigenvalue weighted by Gasteiger charge is -2.14. The molecule has 1 aromatic heterocycles. The van der Waals surface area contributed by atoms with Crippen molar-refractivity contribution < 1.29 is 14.2 Å². The Hall–Kier alpha value is -2.96. The van der Waals surface area contributed by atoms with E-state index in [1.807, 2.05) is 30.3 Å². The predicted octanol–water partition coefficient (Wildman–Crippen LogP) is 3.75. The number of guanidine groups is 1. The van der Waals surface area contributed by atoms with Crippen molar-refractivity contribution in [2.45, 2.75) is 32.7 Å². The number of para-hydroxylation sites is 1. The number of unbranched alkanes of at least 4 members (excludes halogenated alkanes) is 2. The van der Waals surface area contributed by atoms with E-state index in [2.05, 4.69) is 27.5 Å². The Kier molecular flexibility index (Phi) is 8.91. The van der Waals surface area contributed by atoms with Crippen LogP contribution < -0.4 is 24.8 Å². The van der Waals surface area contributed by atoms with Gasteiger partial charge in [0.25, 0.3) is 0 Å². The maximum atomic E-state index is 5.88. The Morgan fingerprint density at radius 3 is 2.36 bits per heavy atom. The molecule has 0 amide bonds. The Morgan fingerprint density at radius 1 is 1.04 bits per heavy atom. The zero-order valence-electron chi connectivity index (χ0n) is 17.1. The number of pyridine rings is 1. The molecule has 0 aliphatic heterocycles. The van der Waals surface area contributed by atoms with Crippen molar-refractivity contribution in [3.8, 4) is 23.1 Å². The van der Waals surface area contributed by atoms with E-state index in [0.29, 0.717) is 29.7 Å². The number of nitrogens with zero attached hydrogens (tertiary/aromatic N) is 2. The molecule has 152 valence electrons. The van der Waals surface area contributed by atoms with Gasteiger partial charge in [-0.25, -0.2) is 4.98 Å². The summed E-state index contributed by atoms with van der Waals surface area (Å²) >= 11 is 0. The molecule has 0 radical (unpaired) electrons. The number of ether oxygens (including phenoxy) is 3. The maximum Gasteiger partial charge on any atom is 0.219 e. The molecule has 0 bridgehead atoms. The lowest BCUT2D eigenvalue weighted by atomic mass is 10.2. The molecule has 0 aliphatic carbocycles. The predicted molar refractivity (Wildman–Crippen MR) is 112 cm³/mol. The third kappa shape index (κ3) is 6.33. The fraction of sp³-hybridized carbons (Fsp3) is 0.429. The molecular weight excluding hydrogens is 356 g/mol. The van der Waals surface area contributed by atoms with Gasteiger partial charge < -0.3 is 24.8 Å². The molecule has 0 saturated carbocycles. The summed E-state index contributed by atoms with van der Waals surface area (Å²) in [5, 5.41) is 6.60. The summed E-state index contributed by atoms with van der Waals surface area (Å²) < 4.78 is 16.6. The van der Waals surface area contributed by atoms with Crippen molar-refractivity contribution in [2.24, 2.45) is 4.99 Å². The highest BCUT2D eigenvalue weighted by Crippen LogP contribution is 2.39. The van der Waals surface area contributed by atoms with Crippen molar-refractivity contribution in [3.05, 3.63) is 42.1 Å². The standard InChI is InChI=1S/C21H30N4O3/c1-5-6-7-13-23-21(22-2)25-15-16-11-12-19(24-14-16)28-20-17(26-3)9-8-10-18(20)27-4/h8-12,14H,5-7,13,15H2,1-4H3,(H2,22,23,25). The maximum absolute atomic E-state index is 5.88. The van der Waals surface area contributed by atoms with Crippen LogP contribution in [0.15, 0.2) is 41.5 Å². The van der Waals surface area contributed by atoms with E-state index in [-0.39, 0.29) is 0 Å². The average molecular weight is 386 g/mol. The second-order valence-electron chi connectivity index (χ2n) is 6.16. The molecule has 2 rings (SSSR count). The van der Waals surface area contributed by atoms with Crippen molar-refractivity contribution in [3.63, 3.8) is 0 Å². The molecule has 7 nitrogen and oxygen atoms in total. The van der Waals surface area contributed by atoms with Gasteiger partial charge in [-0.3, -0.25) is 4.99 Å². The summed E-state index contributed by atoms with van der Waals surface area (Å²) in [4.78, 5) is 8.62. The van der Waals surface area contributed by atoms with E-state index in [1.54, 1.807) is 27.5 Å². The number of rotatable bonds is 10. The Balaban J connectivity index is 1.93. The summed E-state index contributed by atoms with van der Waals surface area (Å²) in [6.07, 6.45) is 5.33. The van der Waals surface area contributed by atoms with E-state index in [1.165, 1.54) is 12.8 Å². The minimum atomic E-state index is 0.466. The van der Waals surface area contributed by atoms with Crippen LogP contribution in [0, 0.1) is 0 Å². The minimum absolute atomic E-state index is 0.466. The van der Waals surface area contributed by atoms with Gasteiger partial charge in [0.2, 0.25) is 11.6 Å². The number of aliphatic imine (C=N–C) groups is 1. The van der Waals surface area contributed by atoms with Gasteiger partial charge in [-0.2, -0.15) is 0 Å². The SMILES string of the molecule is CCCCCNC(=NC)NCc1ccc(Oc2c(OC)cccc2OC)nc1. The third-order valence-electron chi connectivity index (χ3n) is 4.14. The number of hydrogen-bond acceptors (Lipinski definition) is 5. The van der Waals surface area contributed by atoms with E-state index < -0.39 is 0 Å². The number of methoxy groups -OCH3 is 2. The number of benzene rings is 1. The van der Waals surface area contributed by atoms with E-state index in [9.17, 15) is 0 Å². The summed E-state index contributed by atoms with van der Waals surface area (Å²) in [7, 11) is 4.95. The zero-order valence-corrected chi connectivity index (χ0v) is 17.1. The van der Waals surface area contributed by atoms with Crippen LogP contribution in [0.2, 0.25) is 0 Å². The Bertz CT molecular complexity index is 726. The fourth-order valence-corrected chi connectivity index (χ4v) is 2.59. The van der Waals surface area contributed by atoms with Crippen LogP contribution in [0.3, 0.4) is 0 Å². The summed E-state index contributed by atoms with van der Waals surface area (Å²) in [5.41, 5.74) is 1.02. The summed E-state index contributed by atoms with van der Waals surface area (Å²) in [6.45, 7) is 3.73. The lowest BCUT2D eigenvalue weighted by molar-refractivity contribution is 0.342. The summed E-state index contributed by atoms with van der Waals surface area (Å²) in [6, 6.07) is 9.25. The molecule has 0 saturated heterocycles. The number of nitrogens with one attached hydrogen (secondary N) is 2. The van der Waals surface area contributed by atoms with Gasteiger partial charge in [-0.05, 0) is 24.1 Å². The molecule has 2 N–H and O–H groups in total. The largest absolute Gasteiger partial charge is 0.493 e. The van der Waals surface area contributed by atoms with E-state index in [4.69, 9.17) is 14.2 Å². The molecule has 0 aliphatic rings. The average Bonchev–Trinajstić information content (AvgIpc) is 2.74. The smallest absolute Gasteiger partial charge is 0.219 e. The first kappa shape index (κ1) is 21.3. The highest BCUT2D eigenvalue weighted by atomic mass is 16.5. The van der Waals surface area contributed by atoms with Gasteiger partial charge in [0.1, 0.15) is 0 Å². The molecule has 0 spiro atoms. The van der Waals surface area contributed by atoms with Gasteiger partial charge in [0, 0.05) is 32.4 Å². The Morgan fingerprint density at radius 2 is 1.79 bits per heavy atom. The van der Waals surface area contributed by atoms with Crippen LogP contribution in [-0.2, 0) is 6.54 Å². The first-order chi connectivity index (χ1) is 13.7. The van der Waals surface area contributed by atoms with Gasteiger partial charge in [-0.1, -0.05) is 31.9 Å². The lowest BCUT2D eigenvalue weighted by Crippen LogP contribution is -2.37. The number of aromatic nitrogens is 1. The van der Waals surface area contributed by atoms with Gasteiger partial charge in [0.05, 0.1) is 14.2 Å². The van der Waals surface area contributed by atoms with Crippen LogP contribution in [0.1, 0.15) is 31.7 Å². The molecule has 0 unspecified atom stereocenters. The molecule has 1 heterocycles. The number of hydrogen-bond donors (Lipinski definition) is 2. The first-order valence-electron chi connectivity index (χ1n) is 9.50. The molecule has 28 heavy (non-hydrogen) atoms. The highest BCUT2D eigenvalue weighted by molar-refractivity contribution is 5.79. The first-order valence-corrected chi connectivity index (χ1v) is 9.50. The van der Waals surface area contributed by atoms with Crippen LogP contribution in [0.4, 0.5) is 0 Å². The quantitative estimate of drug-likeness (QED) is 0.368. The minimum Gasteiger partial charge on any atom is -0.493 e.